The van der Waals surface area contributed by atoms with Gasteiger partial charge in [-0.2, -0.15) is 0 Å². The predicted octanol–water partition coefficient (Wildman–Crippen LogP) is 4.75. The molecular formula is C27H37NO3. The second-order valence-corrected chi connectivity index (χ2v) is 8.86. The zero-order valence-electron chi connectivity index (χ0n) is 18.7. The number of allylic oxidation sites excluding steroid dienone is 2. The van der Waals surface area contributed by atoms with E-state index in [0.29, 0.717) is 19.1 Å². The standard InChI is InChI=1S/C27H37NO3/c1-22(28-20-27(21-30)15-8-10-23(17-27)18-29)9-3-2-6-16-31-19-25-13-7-12-24-11-4-5-14-26(24)25/h4-5,7-8,10-15,22,28-30H,2-3,6,9,16-21H2,1H3. The van der Waals surface area contributed by atoms with Gasteiger partial charge in [0, 0.05) is 24.6 Å². The Kier molecular flexibility index (Phi) is 9.29. The highest BCUT2D eigenvalue weighted by Crippen LogP contribution is 2.30. The van der Waals surface area contributed by atoms with E-state index in [9.17, 15) is 10.2 Å². The Hall–Kier alpha value is -1.98. The molecule has 1 aliphatic carbocycles. The summed E-state index contributed by atoms with van der Waals surface area (Å²) in [5.41, 5.74) is 1.94. The molecule has 0 radical (unpaired) electrons. The van der Waals surface area contributed by atoms with E-state index >= 15 is 0 Å². The molecule has 2 aromatic carbocycles. The summed E-state index contributed by atoms with van der Waals surface area (Å²) < 4.78 is 5.93. The summed E-state index contributed by atoms with van der Waals surface area (Å²) in [5.74, 6) is 0. The average molecular weight is 424 g/mol. The number of hydrogen-bond acceptors (Lipinski definition) is 4. The molecular weight excluding hydrogens is 386 g/mol. The molecule has 0 amide bonds. The van der Waals surface area contributed by atoms with E-state index in [4.69, 9.17) is 4.74 Å². The summed E-state index contributed by atoms with van der Waals surface area (Å²) in [6.45, 7) is 4.54. The third kappa shape index (κ3) is 7.01. The Bertz CT molecular complexity index is 870. The number of aliphatic hydroxyl groups is 2. The Morgan fingerprint density at radius 2 is 1.90 bits per heavy atom. The van der Waals surface area contributed by atoms with Crippen molar-refractivity contribution >= 4 is 10.8 Å². The van der Waals surface area contributed by atoms with Crippen molar-refractivity contribution in [2.75, 3.05) is 26.4 Å². The minimum atomic E-state index is -0.295. The molecule has 0 saturated heterocycles. The molecule has 3 rings (SSSR count). The summed E-state index contributed by atoms with van der Waals surface area (Å²) in [7, 11) is 0. The van der Waals surface area contributed by atoms with Crippen LogP contribution in [-0.4, -0.2) is 42.6 Å². The van der Waals surface area contributed by atoms with Crippen LogP contribution in [0, 0.1) is 5.41 Å². The van der Waals surface area contributed by atoms with Gasteiger partial charge in [0.25, 0.3) is 0 Å². The highest BCUT2D eigenvalue weighted by molar-refractivity contribution is 5.85. The first kappa shape index (κ1) is 23.7. The van der Waals surface area contributed by atoms with Crippen molar-refractivity contribution < 1.29 is 14.9 Å². The zero-order valence-corrected chi connectivity index (χ0v) is 18.7. The lowest BCUT2D eigenvalue weighted by atomic mass is 9.79. The summed E-state index contributed by atoms with van der Waals surface area (Å²) in [5, 5.41) is 25.4. The number of ether oxygens (including phenoxy) is 1. The van der Waals surface area contributed by atoms with Crippen molar-refractivity contribution in [2.45, 2.75) is 51.7 Å². The number of rotatable bonds is 13. The number of nitrogens with one attached hydrogen (secondary N) is 1. The van der Waals surface area contributed by atoms with Crippen LogP contribution in [0.1, 0.15) is 44.6 Å². The molecule has 2 unspecified atom stereocenters. The molecule has 0 aromatic heterocycles. The normalized spacial score (nSPS) is 19.5. The summed E-state index contributed by atoms with van der Waals surface area (Å²) in [6, 6.07) is 15.2. The third-order valence-electron chi connectivity index (χ3n) is 6.24. The van der Waals surface area contributed by atoms with Crippen LogP contribution in [0.4, 0.5) is 0 Å². The lowest BCUT2D eigenvalue weighted by Gasteiger charge is -2.33. The van der Waals surface area contributed by atoms with Gasteiger partial charge >= 0.3 is 0 Å². The van der Waals surface area contributed by atoms with E-state index in [2.05, 4.69) is 60.8 Å². The Morgan fingerprint density at radius 3 is 2.74 bits per heavy atom. The molecule has 168 valence electrons. The second kappa shape index (κ2) is 12.2. The molecule has 4 heteroatoms. The van der Waals surface area contributed by atoms with E-state index in [1.807, 2.05) is 12.2 Å². The average Bonchev–Trinajstić information content (AvgIpc) is 2.82. The molecule has 0 heterocycles. The molecule has 0 aliphatic heterocycles. The Morgan fingerprint density at radius 1 is 1.06 bits per heavy atom. The Labute approximate surface area is 186 Å². The minimum Gasteiger partial charge on any atom is -0.395 e. The number of fused-ring (bicyclic) bond motifs is 1. The number of aliphatic hydroxyl groups excluding tert-OH is 2. The molecule has 4 nitrogen and oxygen atoms in total. The van der Waals surface area contributed by atoms with Crippen LogP contribution in [0.15, 0.2) is 66.3 Å². The third-order valence-corrected chi connectivity index (χ3v) is 6.24. The highest BCUT2D eigenvalue weighted by atomic mass is 16.5. The first-order valence-electron chi connectivity index (χ1n) is 11.5. The van der Waals surface area contributed by atoms with Gasteiger partial charge in [0.1, 0.15) is 0 Å². The number of unbranched alkanes of at least 4 members (excludes halogenated alkanes) is 2. The molecule has 3 N–H and O–H groups in total. The molecule has 0 saturated carbocycles. The van der Waals surface area contributed by atoms with Crippen LogP contribution in [0.2, 0.25) is 0 Å². The van der Waals surface area contributed by atoms with E-state index in [-0.39, 0.29) is 18.6 Å². The molecule has 2 aromatic rings. The van der Waals surface area contributed by atoms with Crippen molar-refractivity contribution in [3.05, 3.63) is 71.8 Å². The maximum atomic E-state index is 9.89. The van der Waals surface area contributed by atoms with Crippen LogP contribution in [0.5, 0.6) is 0 Å². The summed E-state index contributed by atoms with van der Waals surface area (Å²) >= 11 is 0. The van der Waals surface area contributed by atoms with Gasteiger partial charge in [-0.25, -0.2) is 0 Å². The van der Waals surface area contributed by atoms with Crippen molar-refractivity contribution in [1.82, 2.24) is 5.32 Å². The first-order valence-corrected chi connectivity index (χ1v) is 11.5. The first-order chi connectivity index (χ1) is 15.2. The van der Waals surface area contributed by atoms with E-state index in [1.54, 1.807) is 0 Å². The molecule has 2 atom stereocenters. The lowest BCUT2D eigenvalue weighted by molar-refractivity contribution is 0.117. The quantitative estimate of drug-likeness (QED) is 0.407. The largest absolute Gasteiger partial charge is 0.395 e. The maximum Gasteiger partial charge on any atom is 0.0722 e. The van der Waals surface area contributed by atoms with Gasteiger partial charge < -0.3 is 20.3 Å². The van der Waals surface area contributed by atoms with Gasteiger partial charge in [0.15, 0.2) is 0 Å². The molecule has 0 spiro atoms. The monoisotopic (exact) mass is 423 g/mol. The van der Waals surface area contributed by atoms with Crippen LogP contribution in [0.25, 0.3) is 10.8 Å². The Balaban J connectivity index is 1.28. The smallest absolute Gasteiger partial charge is 0.0722 e. The van der Waals surface area contributed by atoms with Crippen molar-refractivity contribution in [3.8, 4) is 0 Å². The van der Waals surface area contributed by atoms with Crippen molar-refractivity contribution in [3.63, 3.8) is 0 Å². The van der Waals surface area contributed by atoms with Gasteiger partial charge in [0.05, 0.1) is 19.8 Å². The summed E-state index contributed by atoms with van der Waals surface area (Å²) in [6.07, 6.45) is 11.2. The van der Waals surface area contributed by atoms with Crippen LogP contribution >= 0.6 is 0 Å². The lowest BCUT2D eigenvalue weighted by Crippen LogP contribution is -2.41. The predicted molar refractivity (Wildman–Crippen MR) is 128 cm³/mol. The highest BCUT2D eigenvalue weighted by Gasteiger charge is 2.29. The van der Waals surface area contributed by atoms with Gasteiger partial charge in [-0.15, -0.1) is 0 Å². The molecule has 31 heavy (non-hydrogen) atoms. The SMILES string of the molecule is CC(CCCCCOCc1cccc2ccccc12)NCC1(CO)C=CC=C(CO)C1. The fourth-order valence-corrected chi connectivity index (χ4v) is 4.26. The van der Waals surface area contributed by atoms with Gasteiger partial charge in [-0.05, 0) is 48.1 Å². The van der Waals surface area contributed by atoms with Gasteiger partial charge in [0.2, 0.25) is 0 Å². The maximum absolute atomic E-state index is 9.89. The zero-order chi connectivity index (χ0) is 21.9. The fraction of sp³-hybridized carbons (Fsp3) is 0.481. The van der Waals surface area contributed by atoms with E-state index < -0.39 is 0 Å². The van der Waals surface area contributed by atoms with E-state index in [1.165, 1.54) is 16.3 Å². The molecule has 0 fully saturated rings. The van der Waals surface area contributed by atoms with E-state index in [0.717, 1.165) is 44.4 Å². The number of hydrogen-bond donors (Lipinski definition) is 3. The number of benzene rings is 2. The molecule has 0 bridgehead atoms. The fourth-order valence-electron chi connectivity index (χ4n) is 4.26. The van der Waals surface area contributed by atoms with Crippen molar-refractivity contribution in [2.24, 2.45) is 5.41 Å². The van der Waals surface area contributed by atoms with Crippen LogP contribution in [-0.2, 0) is 11.3 Å². The topological polar surface area (TPSA) is 61.7 Å². The van der Waals surface area contributed by atoms with Crippen molar-refractivity contribution in [1.29, 1.82) is 0 Å². The van der Waals surface area contributed by atoms with Crippen LogP contribution in [0.3, 0.4) is 0 Å². The minimum absolute atomic E-state index is 0.0597. The molecule has 1 aliphatic rings. The van der Waals surface area contributed by atoms with Gasteiger partial charge in [-0.3, -0.25) is 0 Å². The van der Waals surface area contributed by atoms with Gasteiger partial charge in [-0.1, -0.05) is 73.5 Å². The summed E-state index contributed by atoms with van der Waals surface area (Å²) in [4.78, 5) is 0. The second-order valence-electron chi connectivity index (χ2n) is 8.86. The van der Waals surface area contributed by atoms with Crippen LogP contribution < -0.4 is 5.32 Å².